The highest BCUT2D eigenvalue weighted by molar-refractivity contribution is 8.01. The molecule has 1 N–H and O–H groups in total. The van der Waals surface area contributed by atoms with Crippen LogP contribution in [0.25, 0.3) is 0 Å². The Morgan fingerprint density at radius 2 is 2.18 bits per heavy atom. The van der Waals surface area contributed by atoms with Crippen molar-refractivity contribution >= 4 is 39.1 Å². The summed E-state index contributed by atoms with van der Waals surface area (Å²) in [6.45, 7) is 1.91. The molecule has 0 saturated carbocycles. The van der Waals surface area contributed by atoms with Crippen LogP contribution < -0.4 is 5.32 Å². The monoisotopic (exact) mass is 297 g/mol. The lowest BCUT2D eigenvalue weighted by Crippen LogP contribution is -2.48. The number of carbonyl (C=O) groups is 1. The number of nitrogens with one attached hydrogen (secondary N) is 1. The molecular weight excluding hydrogens is 282 g/mol. The average molecular weight is 298 g/mol. The van der Waals surface area contributed by atoms with Gasteiger partial charge in [-0.15, -0.1) is 23.4 Å². The topological polar surface area (TPSA) is 63.2 Å². The van der Waals surface area contributed by atoms with Gasteiger partial charge in [-0.25, -0.2) is 8.42 Å². The summed E-state index contributed by atoms with van der Waals surface area (Å²) in [5.74, 6) is 0.835. The molecule has 0 radical (unpaired) electrons. The van der Waals surface area contributed by atoms with Crippen LogP contribution in [-0.2, 0) is 14.6 Å². The number of alkyl halides is 1. The first-order valence-corrected chi connectivity index (χ1v) is 8.86. The lowest BCUT2D eigenvalue weighted by molar-refractivity contribution is -0.123. The van der Waals surface area contributed by atoms with Gasteiger partial charge >= 0.3 is 0 Å². The van der Waals surface area contributed by atoms with Crippen molar-refractivity contribution < 1.29 is 13.2 Å². The van der Waals surface area contributed by atoms with Gasteiger partial charge in [0.05, 0.1) is 27.7 Å². The van der Waals surface area contributed by atoms with Crippen molar-refractivity contribution in [2.24, 2.45) is 0 Å². The third-order valence-electron chi connectivity index (χ3n) is 3.30. The molecule has 0 aromatic carbocycles. The van der Waals surface area contributed by atoms with Crippen molar-refractivity contribution in [1.82, 2.24) is 5.32 Å². The van der Waals surface area contributed by atoms with E-state index in [2.05, 4.69) is 5.32 Å². The fraction of sp³-hybridized carbons (Fsp3) is 0.900. The van der Waals surface area contributed by atoms with Crippen LogP contribution in [-0.4, -0.2) is 47.7 Å². The molecule has 4 nitrogen and oxygen atoms in total. The van der Waals surface area contributed by atoms with E-state index >= 15 is 0 Å². The minimum Gasteiger partial charge on any atom is -0.350 e. The molecule has 17 heavy (non-hydrogen) atoms. The molecule has 3 atom stereocenters. The summed E-state index contributed by atoms with van der Waals surface area (Å²) in [5.41, 5.74) is 0. The van der Waals surface area contributed by atoms with E-state index in [1.807, 2.05) is 6.92 Å². The third-order valence-corrected chi connectivity index (χ3v) is 7.19. The largest absolute Gasteiger partial charge is 0.350 e. The van der Waals surface area contributed by atoms with E-state index in [0.29, 0.717) is 0 Å². The third kappa shape index (κ3) is 2.90. The fourth-order valence-electron chi connectivity index (χ4n) is 2.22. The van der Waals surface area contributed by atoms with Crippen molar-refractivity contribution in [2.75, 3.05) is 17.3 Å². The number of rotatable bonds is 2. The Labute approximate surface area is 111 Å². The normalized spacial score (nSPS) is 40.4. The second-order valence-electron chi connectivity index (χ2n) is 4.86. The summed E-state index contributed by atoms with van der Waals surface area (Å²) in [7, 11) is -3.09. The highest BCUT2D eigenvalue weighted by Crippen LogP contribution is 2.38. The molecule has 0 bridgehead atoms. The Balaban J connectivity index is 2.00. The fourth-order valence-corrected chi connectivity index (χ4v) is 5.98. The van der Waals surface area contributed by atoms with Crippen LogP contribution >= 0.6 is 23.4 Å². The molecule has 0 aromatic rings. The van der Waals surface area contributed by atoms with Gasteiger partial charge in [-0.1, -0.05) is 0 Å². The predicted octanol–water partition coefficient (Wildman–Crippen LogP) is 0.793. The van der Waals surface area contributed by atoms with Gasteiger partial charge < -0.3 is 5.32 Å². The van der Waals surface area contributed by atoms with Crippen LogP contribution in [0.15, 0.2) is 0 Å². The summed E-state index contributed by atoms with van der Waals surface area (Å²) in [4.78, 5) is 12.1. The Bertz CT molecular complexity index is 417. The molecule has 0 spiro atoms. The van der Waals surface area contributed by atoms with Crippen LogP contribution in [0.1, 0.15) is 19.8 Å². The number of sulfone groups is 1. The van der Waals surface area contributed by atoms with Gasteiger partial charge in [0.25, 0.3) is 0 Å². The molecule has 2 heterocycles. The van der Waals surface area contributed by atoms with Crippen molar-refractivity contribution in [3.8, 4) is 0 Å². The Kier molecular flexibility index (Phi) is 3.67. The first-order valence-electron chi connectivity index (χ1n) is 5.62. The summed E-state index contributed by atoms with van der Waals surface area (Å²) in [6.07, 6.45) is 1.87. The molecule has 7 heteroatoms. The van der Waals surface area contributed by atoms with Crippen molar-refractivity contribution in [3.05, 3.63) is 0 Å². The summed E-state index contributed by atoms with van der Waals surface area (Å²) in [5, 5.41) is 2.29. The lowest BCUT2D eigenvalue weighted by Gasteiger charge is -2.24. The van der Waals surface area contributed by atoms with Gasteiger partial charge in [0.2, 0.25) is 5.91 Å². The van der Waals surface area contributed by atoms with Gasteiger partial charge in [-0.2, -0.15) is 0 Å². The zero-order chi connectivity index (χ0) is 12.7. The SMILES string of the molecule is CC1(C(=O)NC2CS(=O)(=O)CC2Cl)CCCS1. The number of amides is 1. The Morgan fingerprint density at radius 1 is 1.47 bits per heavy atom. The molecule has 2 saturated heterocycles. The maximum absolute atomic E-state index is 12.1. The standard InChI is InChI=1S/C10H16ClNO3S2/c1-10(3-2-4-16-10)9(13)12-8-6-17(14,15)5-7(8)11/h7-8H,2-6H2,1H3,(H,12,13). The van der Waals surface area contributed by atoms with Gasteiger partial charge in [0, 0.05) is 0 Å². The Morgan fingerprint density at radius 3 is 2.65 bits per heavy atom. The number of thioether (sulfide) groups is 1. The van der Waals surface area contributed by atoms with Gasteiger partial charge in [0.15, 0.2) is 9.84 Å². The van der Waals surface area contributed by atoms with E-state index < -0.39 is 26.0 Å². The molecule has 0 aliphatic carbocycles. The first-order chi connectivity index (χ1) is 7.82. The highest BCUT2D eigenvalue weighted by atomic mass is 35.5. The van der Waals surface area contributed by atoms with Gasteiger partial charge in [-0.3, -0.25) is 4.79 Å². The van der Waals surface area contributed by atoms with E-state index in [9.17, 15) is 13.2 Å². The van der Waals surface area contributed by atoms with Gasteiger partial charge in [0.1, 0.15) is 0 Å². The number of hydrogen-bond donors (Lipinski definition) is 1. The quantitative estimate of drug-likeness (QED) is 0.766. The first kappa shape index (κ1) is 13.5. The van der Waals surface area contributed by atoms with Crippen LogP contribution in [0.4, 0.5) is 0 Å². The molecular formula is C10H16ClNO3S2. The molecule has 2 aliphatic heterocycles. The summed E-state index contributed by atoms with van der Waals surface area (Å²) < 4.78 is 22.4. The van der Waals surface area contributed by atoms with Crippen molar-refractivity contribution in [1.29, 1.82) is 0 Å². The maximum Gasteiger partial charge on any atom is 0.236 e. The summed E-state index contributed by atoms with van der Waals surface area (Å²) >= 11 is 7.59. The molecule has 2 aliphatic rings. The van der Waals surface area contributed by atoms with Crippen LogP contribution in [0.5, 0.6) is 0 Å². The second kappa shape index (κ2) is 4.63. The molecule has 1 amide bonds. The molecule has 2 rings (SSSR count). The number of carbonyl (C=O) groups excluding carboxylic acids is 1. The number of halogens is 1. The van der Waals surface area contributed by atoms with E-state index in [1.54, 1.807) is 11.8 Å². The van der Waals surface area contributed by atoms with Crippen LogP contribution in [0.2, 0.25) is 0 Å². The summed E-state index contributed by atoms with van der Waals surface area (Å²) in [6, 6.07) is -0.438. The minimum atomic E-state index is -3.09. The smallest absolute Gasteiger partial charge is 0.236 e. The molecule has 2 fully saturated rings. The second-order valence-corrected chi connectivity index (χ2v) is 9.17. The van der Waals surface area contributed by atoms with Gasteiger partial charge in [-0.05, 0) is 25.5 Å². The number of hydrogen-bond acceptors (Lipinski definition) is 4. The predicted molar refractivity (Wildman–Crippen MR) is 70.3 cm³/mol. The maximum atomic E-state index is 12.1. The van der Waals surface area contributed by atoms with E-state index in [-0.39, 0.29) is 17.4 Å². The highest BCUT2D eigenvalue weighted by Gasteiger charge is 2.42. The lowest BCUT2D eigenvalue weighted by atomic mass is 10.0. The zero-order valence-corrected chi connectivity index (χ0v) is 12.0. The minimum absolute atomic E-state index is 0.0341. The molecule has 0 aromatic heterocycles. The molecule has 98 valence electrons. The van der Waals surface area contributed by atoms with E-state index in [1.165, 1.54) is 0 Å². The van der Waals surface area contributed by atoms with Crippen molar-refractivity contribution in [3.63, 3.8) is 0 Å². The molecule has 3 unspecified atom stereocenters. The van der Waals surface area contributed by atoms with E-state index in [0.717, 1.165) is 18.6 Å². The Hall–Kier alpha value is 0.0600. The average Bonchev–Trinajstić information content (AvgIpc) is 2.73. The zero-order valence-electron chi connectivity index (χ0n) is 9.61. The van der Waals surface area contributed by atoms with Crippen molar-refractivity contribution in [2.45, 2.75) is 35.9 Å². The van der Waals surface area contributed by atoms with E-state index in [4.69, 9.17) is 11.6 Å². The van der Waals surface area contributed by atoms with Crippen LogP contribution in [0, 0.1) is 0 Å². The van der Waals surface area contributed by atoms with Crippen LogP contribution in [0.3, 0.4) is 0 Å².